The Hall–Kier alpha value is -0.860. The standard InChI is InChI=1S/C15H21NS/c1-3-4-5-14(16-2)10-12-6-7-13-8-9-17-15(13)11-12/h6-9,11,14,16H,3-5,10H2,1-2H3. The van der Waals surface area contributed by atoms with E-state index in [1.165, 1.54) is 34.9 Å². The van der Waals surface area contributed by atoms with Gasteiger partial charge in [-0.25, -0.2) is 0 Å². The van der Waals surface area contributed by atoms with E-state index in [2.05, 4.69) is 48.9 Å². The number of likely N-dealkylation sites (N-methyl/N-ethyl adjacent to an activating group) is 1. The maximum atomic E-state index is 3.43. The molecule has 2 heteroatoms. The second kappa shape index (κ2) is 6.18. The first-order chi connectivity index (χ1) is 8.33. The smallest absolute Gasteiger partial charge is 0.0345 e. The number of hydrogen-bond acceptors (Lipinski definition) is 2. The highest BCUT2D eigenvalue weighted by atomic mass is 32.1. The lowest BCUT2D eigenvalue weighted by Crippen LogP contribution is -2.27. The van der Waals surface area contributed by atoms with Crippen LogP contribution >= 0.6 is 11.3 Å². The molecule has 0 aliphatic rings. The molecule has 1 aromatic carbocycles. The molecule has 0 aliphatic carbocycles. The van der Waals surface area contributed by atoms with Crippen molar-refractivity contribution in [2.24, 2.45) is 0 Å². The molecule has 0 spiro atoms. The first-order valence-electron chi connectivity index (χ1n) is 6.47. The van der Waals surface area contributed by atoms with Crippen molar-refractivity contribution in [3.8, 4) is 0 Å². The highest BCUT2D eigenvalue weighted by Gasteiger charge is 2.07. The van der Waals surface area contributed by atoms with Gasteiger partial charge in [-0.15, -0.1) is 11.3 Å². The highest BCUT2D eigenvalue weighted by Crippen LogP contribution is 2.22. The van der Waals surface area contributed by atoms with Crippen molar-refractivity contribution < 1.29 is 0 Å². The van der Waals surface area contributed by atoms with Crippen molar-refractivity contribution in [1.82, 2.24) is 5.32 Å². The van der Waals surface area contributed by atoms with Crippen LogP contribution in [0.3, 0.4) is 0 Å². The summed E-state index contributed by atoms with van der Waals surface area (Å²) in [4.78, 5) is 0. The normalized spacial score (nSPS) is 13.1. The van der Waals surface area contributed by atoms with Crippen LogP contribution in [0.1, 0.15) is 31.7 Å². The minimum absolute atomic E-state index is 0.618. The average molecular weight is 247 g/mol. The van der Waals surface area contributed by atoms with Gasteiger partial charge in [-0.3, -0.25) is 0 Å². The minimum Gasteiger partial charge on any atom is -0.317 e. The van der Waals surface area contributed by atoms with Crippen LogP contribution in [0.25, 0.3) is 10.1 Å². The lowest BCUT2D eigenvalue weighted by molar-refractivity contribution is 0.499. The van der Waals surface area contributed by atoms with E-state index < -0.39 is 0 Å². The van der Waals surface area contributed by atoms with Gasteiger partial charge >= 0.3 is 0 Å². The monoisotopic (exact) mass is 247 g/mol. The first kappa shape index (κ1) is 12.6. The number of thiophene rings is 1. The fourth-order valence-electron chi connectivity index (χ4n) is 2.21. The number of unbranched alkanes of at least 4 members (excludes halogenated alkanes) is 1. The average Bonchev–Trinajstić information content (AvgIpc) is 2.81. The molecule has 1 aromatic heterocycles. The van der Waals surface area contributed by atoms with Crippen LogP contribution in [0.4, 0.5) is 0 Å². The zero-order chi connectivity index (χ0) is 12.1. The van der Waals surface area contributed by atoms with Gasteiger partial charge in [0.05, 0.1) is 0 Å². The van der Waals surface area contributed by atoms with Gasteiger partial charge in [-0.05, 0) is 48.4 Å². The Morgan fingerprint density at radius 3 is 2.94 bits per heavy atom. The molecule has 1 unspecified atom stereocenters. The Morgan fingerprint density at radius 1 is 1.29 bits per heavy atom. The molecule has 0 saturated carbocycles. The summed E-state index contributed by atoms with van der Waals surface area (Å²) in [5.74, 6) is 0. The Kier molecular flexibility index (Phi) is 4.57. The van der Waals surface area contributed by atoms with E-state index in [1.54, 1.807) is 0 Å². The number of fused-ring (bicyclic) bond motifs is 1. The fraction of sp³-hybridized carbons (Fsp3) is 0.467. The van der Waals surface area contributed by atoms with Crippen molar-refractivity contribution in [3.63, 3.8) is 0 Å². The number of rotatable bonds is 6. The fourth-order valence-corrected chi connectivity index (χ4v) is 3.06. The molecule has 0 fully saturated rings. The van der Waals surface area contributed by atoms with Crippen molar-refractivity contribution in [3.05, 3.63) is 35.2 Å². The van der Waals surface area contributed by atoms with Crippen molar-refractivity contribution in [2.45, 2.75) is 38.6 Å². The van der Waals surface area contributed by atoms with E-state index in [-0.39, 0.29) is 0 Å². The predicted molar refractivity (Wildman–Crippen MR) is 77.9 cm³/mol. The zero-order valence-corrected chi connectivity index (χ0v) is 11.5. The Labute approximate surface area is 108 Å². The molecule has 1 atom stereocenters. The predicted octanol–water partition coefficient (Wildman–Crippen LogP) is 4.22. The summed E-state index contributed by atoms with van der Waals surface area (Å²) < 4.78 is 1.41. The summed E-state index contributed by atoms with van der Waals surface area (Å²) in [6.07, 6.45) is 5.01. The molecule has 0 saturated heterocycles. The minimum atomic E-state index is 0.618. The summed E-state index contributed by atoms with van der Waals surface area (Å²) >= 11 is 1.83. The lowest BCUT2D eigenvalue weighted by Gasteiger charge is -2.15. The van der Waals surface area contributed by atoms with Gasteiger partial charge in [0.2, 0.25) is 0 Å². The van der Waals surface area contributed by atoms with Gasteiger partial charge in [-0.1, -0.05) is 31.9 Å². The molecule has 17 heavy (non-hydrogen) atoms. The highest BCUT2D eigenvalue weighted by molar-refractivity contribution is 7.17. The Morgan fingerprint density at radius 2 is 2.18 bits per heavy atom. The third-order valence-electron chi connectivity index (χ3n) is 3.32. The van der Waals surface area contributed by atoms with E-state index in [9.17, 15) is 0 Å². The first-order valence-corrected chi connectivity index (χ1v) is 7.35. The molecule has 0 bridgehead atoms. The molecule has 0 radical (unpaired) electrons. The lowest BCUT2D eigenvalue weighted by atomic mass is 10.0. The van der Waals surface area contributed by atoms with E-state index >= 15 is 0 Å². The third-order valence-corrected chi connectivity index (χ3v) is 4.20. The summed E-state index contributed by atoms with van der Waals surface area (Å²) in [5, 5.41) is 6.97. The Bertz CT molecular complexity index is 461. The molecule has 0 amide bonds. The zero-order valence-electron chi connectivity index (χ0n) is 10.7. The van der Waals surface area contributed by atoms with E-state index in [1.807, 2.05) is 11.3 Å². The number of nitrogens with one attached hydrogen (secondary N) is 1. The van der Waals surface area contributed by atoms with Crippen molar-refractivity contribution >= 4 is 21.4 Å². The second-order valence-electron chi connectivity index (χ2n) is 4.62. The van der Waals surface area contributed by atoms with Gasteiger partial charge < -0.3 is 5.32 Å². The SMILES string of the molecule is CCCCC(Cc1ccc2ccsc2c1)NC. The Balaban J connectivity index is 2.05. The molecule has 0 aliphatic heterocycles. The molecular weight excluding hydrogens is 226 g/mol. The van der Waals surface area contributed by atoms with Gasteiger partial charge in [0.25, 0.3) is 0 Å². The van der Waals surface area contributed by atoms with Crippen LogP contribution < -0.4 is 5.32 Å². The molecule has 1 heterocycles. The van der Waals surface area contributed by atoms with E-state index in [0.717, 1.165) is 6.42 Å². The largest absolute Gasteiger partial charge is 0.317 e. The van der Waals surface area contributed by atoms with E-state index in [4.69, 9.17) is 0 Å². The van der Waals surface area contributed by atoms with Crippen molar-refractivity contribution in [2.75, 3.05) is 7.05 Å². The van der Waals surface area contributed by atoms with Crippen LogP contribution in [0.2, 0.25) is 0 Å². The topological polar surface area (TPSA) is 12.0 Å². The van der Waals surface area contributed by atoms with Gasteiger partial charge in [0, 0.05) is 10.7 Å². The molecule has 2 aromatic rings. The van der Waals surface area contributed by atoms with Crippen LogP contribution in [0.5, 0.6) is 0 Å². The molecule has 2 rings (SSSR count). The van der Waals surface area contributed by atoms with Gasteiger partial charge in [-0.2, -0.15) is 0 Å². The molecule has 1 N–H and O–H groups in total. The van der Waals surface area contributed by atoms with Gasteiger partial charge in [0.1, 0.15) is 0 Å². The number of benzene rings is 1. The maximum Gasteiger partial charge on any atom is 0.0345 e. The summed E-state index contributed by atoms with van der Waals surface area (Å²) in [6, 6.07) is 9.67. The van der Waals surface area contributed by atoms with Crippen LogP contribution in [-0.4, -0.2) is 13.1 Å². The quantitative estimate of drug-likeness (QED) is 0.806. The molecule has 92 valence electrons. The van der Waals surface area contributed by atoms with E-state index in [0.29, 0.717) is 6.04 Å². The van der Waals surface area contributed by atoms with Crippen LogP contribution in [0, 0.1) is 0 Å². The second-order valence-corrected chi connectivity index (χ2v) is 5.57. The molecular formula is C15H21NS. The maximum absolute atomic E-state index is 3.43. The molecule has 1 nitrogen and oxygen atoms in total. The van der Waals surface area contributed by atoms with Crippen LogP contribution in [0.15, 0.2) is 29.6 Å². The number of hydrogen-bond donors (Lipinski definition) is 1. The summed E-state index contributed by atoms with van der Waals surface area (Å²) in [6.45, 7) is 2.25. The van der Waals surface area contributed by atoms with Crippen molar-refractivity contribution in [1.29, 1.82) is 0 Å². The third kappa shape index (κ3) is 3.30. The van der Waals surface area contributed by atoms with Crippen LogP contribution in [-0.2, 0) is 6.42 Å². The summed E-state index contributed by atoms with van der Waals surface area (Å²) in [5.41, 5.74) is 1.45. The van der Waals surface area contributed by atoms with Gasteiger partial charge in [0.15, 0.2) is 0 Å². The summed E-state index contributed by atoms with van der Waals surface area (Å²) in [7, 11) is 2.07.